The number of carbonyl (C=O) groups excluding carboxylic acids is 1. The molecule has 1 unspecified atom stereocenters. The van der Waals surface area contributed by atoms with E-state index in [0.717, 1.165) is 0 Å². The first-order chi connectivity index (χ1) is 10.5. The molecule has 0 radical (unpaired) electrons. The predicted molar refractivity (Wildman–Crippen MR) is 80.8 cm³/mol. The molecule has 4 nitrogen and oxygen atoms in total. The molecule has 1 fully saturated rings. The van der Waals surface area contributed by atoms with Gasteiger partial charge in [-0.05, 0) is 43.7 Å². The summed E-state index contributed by atoms with van der Waals surface area (Å²) < 4.78 is 13.6. The minimum atomic E-state index is -0.752. The van der Waals surface area contributed by atoms with E-state index in [1.807, 2.05) is 0 Å². The Balaban J connectivity index is 1.82. The van der Waals surface area contributed by atoms with Crippen molar-refractivity contribution in [2.75, 3.05) is 0 Å². The summed E-state index contributed by atoms with van der Waals surface area (Å²) in [7, 11) is 0. The largest absolute Gasteiger partial charge is 0.481 e. The Hall–Kier alpha value is -1.91. The van der Waals surface area contributed by atoms with Gasteiger partial charge < -0.3 is 10.4 Å². The molecule has 1 saturated carbocycles. The standard InChI is InChI=1S/C17H22FNO3/c1-11(10-13-4-2-3-5-15(13)18)16(20)19-14-8-6-12(7-9-14)17(21)22/h2-5,11-12,14H,6-10H2,1H3,(H,19,20)(H,21,22). The van der Waals surface area contributed by atoms with Crippen molar-refractivity contribution in [3.05, 3.63) is 35.6 Å². The van der Waals surface area contributed by atoms with E-state index in [1.165, 1.54) is 6.07 Å². The van der Waals surface area contributed by atoms with Gasteiger partial charge in [0.15, 0.2) is 0 Å². The smallest absolute Gasteiger partial charge is 0.306 e. The number of hydrogen-bond acceptors (Lipinski definition) is 2. The number of rotatable bonds is 5. The molecular weight excluding hydrogens is 285 g/mol. The second-order valence-corrected chi connectivity index (χ2v) is 6.09. The summed E-state index contributed by atoms with van der Waals surface area (Å²) in [5.41, 5.74) is 0.541. The van der Waals surface area contributed by atoms with Crippen LogP contribution in [0.1, 0.15) is 38.2 Å². The maximum absolute atomic E-state index is 13.6. The molecule has 1 aromatic rings. The molecule has 1 amide bonds. The minimum Gasteiger partial charge on any atom is -0.481 e. The van der Waals surface area contributed by atoms with Gasteiger partial charge in [0.1, 0.15) is 5.82 Å². The molecule has 22 heavy (non-hydrogen) atoms. The molecule has 0 aromatic heterocycles. The first kappa shape index (κ1) is 16.5. The van der Waals surface area contributed by atoms with Crippen LogP contribution in [-0.2, 0) is 16.0 Å². The number of carboxylic acid groups (broad SMARTS) is 1. The highest BCUT2D eigenvalue weighted by molar-refractivity contribution is 5.79. The van der Waals surface area contributed by atoms with Gasteiger partial charge in [-0.2, -0.15) is 0 Å². The van der Waals surface area contributed by atoms with Crippen molar-refractivity contribution in [2.24, 2.45) is 11.8 Å². The average Bonchev–Trinajstić information content (AvgIpc) is 2.50. The Bertz CT molecular complexity index is 538. The van der Waals surface area contributed by atoms with Crippen molar-refractivity contribution >= 4 is 11.9 Å². The lowest BCUT2D eigenvalue weighted by atomic mass is 9.86. The van der Waals surface area contributed by atoms with E-state index >= 15 is 0 Å². The number of halogens is 1. The first-order valence-corrected chi connectivity index (χ1v) is 7.74. The normalized spacial score (nSPS) is 22.8. The van der Waals surface area contributed by atoms with Gasteiger partial charge in [-0.3, -0.25) is 9.59 Å². The Morgan fingerprint density at radius 3 is 2.50 bits per heavy atom. The number of nitrogens with one attached hydrogen (secondary N) is 1. The van der Waals surface area contributed by atoms with Gasteiger partial charge in [0.05, 0.1) is 5.92 Å². The van der Waals surface area contributed by atoms with Gasteiger partial charge in [-0.15, -0.1) is 0 Å². The lowest BCUT2D eigenvalue weighted by Gasteiger charge is -2.27. The van der Waals surface area contributed by atoms with Crippen molar-refractivity contribution in [3.63, 3.8) is 0 Å². The highest BCUT2D eigenvalue weighted by atomic mass is 19.1. The average molecular weight is 307 g/mol. The summed E-state index contributed by atoms with van der Waals surface area (Å²) in [4.78, 5) is 23.1. The molecule has 2 N–H and O–H groups in total. The van der Waals surface area contributed by atoms with Crippen molar-refractivity contribution in [1.82, 2.24) is 5.32 Å². The highest BCUT2D eigenvalue weighted by Crippen LogP contribution is 2.24. The van der Waals surface area contributed by atoms with Crippen LogP contribution < -0.4 is 5.32 Å². The molecule has 2 rings (SSSR count). The number of carboxylic acids is 1. The number of carbonyl (C=O) groups is 2. The van der Waals surface area contributed by atoms with E-state index in [9.17, 15) is 14.0 Å². The summed E-state index contributed by atoms with van der Waals surface area (Å²) in [5, 5.41) is 11.9. The third-order valence-electron chi connectivity index (χ3n) is 4.35. The van der Waals surface area contributed by atoms with E-state index in [2.05, 4.69) is 5.32 Å². The van der Waals surface area contributed by atoms with Gasteiger partial charge in [-0.1, -0.05) is 25.1 Å². The first-order valence-electron chi connectivity index (χ1n) is 7.74. The van der Waals surface area contributed by atoms with Gasteiger partial charge in [0, 0.05) is 12.0 Å². The minimum absolute atomic E-state index is 0.0335. The van der Waals surface area contributed by atoms with Crippen LogP contribution in [-0.4, -0.2) is 23.0 Å². The summed E-state index contributed by atoms with van der Waals surface area (Å²) in [5.74, 6) is -1.73. The van der Waals surface area contributed by atoms with Gasteiger partial charge >= 0.3 is 5.97 Å². The molecule has 1 aliphatic rings. The van der Waals surface area contributed by atoms with Crippen LogP contribution in [0, 0.1) is 17.7 Å². The number of amides is 1. The Morgan fingerprint density at radius 1 is 1.27 bits per heavy atom. The van der Waals surface area contributed by atoms with Gasteiger partial charge in [0.2, 0.25) is 5.91 Å². The van der Waals surface area contributed by atoms with Crippen LogP contribution in [0.15, 0.2) is 24.3 Å². The molecule has 0 saturated heterocycles. The molecule has 0 aliphatic heterocycles. The molecule has 1 atom stereocenters. The lowest BCUT2D eigenvalue weighted by Crippen LogP contribution is -2.41. The van der Waals surface area contributed by atoms with Crippen LogP contribution >= 0.6 is 0 Å². The molecule has 1 aromatic carbocycles. The van der Waals surface area contributed by atoms with Crippen LogP contribution in [0.3, 0.4) is 0 Å². The van der Waals surface area contributed by atoms with Crippen molar-refractivity contribution < 1.29 is 19.1 Å². The van der Waals surface area contributed by atoms with Crippen LogP contribution in [0.2, 0.25) is 0 Å². The Kier molecular flexibility index (Phi) is 5.52. The van der Waals surface area contributed by atoms with Gasteiger partial charge in [0.25, 0.3) is 0 Å². The zero-order chi connectivity index (χ0) is 16.1. The van der Waals surface area contributed by atoms with Crippen molar-refractivity contribution in [3.8, 4) is 0 Å². The zero-order valence-corrected chi connectivity index (χ0v) is 12.7. The van der Waals surface area contributed by atoms with Crippen molar-refractivity contribution in [2.45, 2.75) is 45.1 Å². The third-order valence-corrected chi connectivity index (χ3v) is 4.35. The Morgan fingerprint density at radius 2 is 1.91 bits per heavy atom. The fourth-order valence-electron chi connectivity index (χ4n) is 2.91. The monoisotopic (exact) mass is 307 g/mol. The molecule has 120 valence electrons. The topological polar surface area (TPSA) is 66.4 Å². The second-order valence-electron chi connectivity index (χ2n) is 6.09. The molecule has 0 bridgehead atoms. The quantitative estimate of drug-likeness (QED) is 0.879. The van der Waals surface area contributed by atoms with E-state index in [-0.39, 0.29) is 29.6 Å². The van der Waals surface area contributed by atoms with E-state index in [1.54, 1.807) is 25.1 Å². The number of hydrogen-bond donors (Lipinski definition) is 2. The number of aliphatic carboxylic acids is 1. The summed E-state index contributed by atoms with van der Waals surface area (Å²) in [6.45, 7) is 1.78. The molecular formula is C17H22FNO3. The predicted octanol–water partition coefficient (Wildman–Crippen LogP) is 2.76. The maximum atomic E-state index is 13.6. The molecule has 1 aliphatic carbocycles. The molecule has 0 heterocycles. The summed E-state index contributed by atoms with van der Waals surface area (Å²) in [6.07, 6.45) is 2.94. The van der Waals surface area contributed by atoms with Crippen molar-refractivity contribution in [1.29, 1.82) is 0 Å². The fraction of sp³-hybridized carbons (Fsp3) is 0.529. The second kappa shape index (κ2) is 7.38. The van der Waals surface area contributed by atoms with E-state index < -0.39 is 5.97 Å². The van der Waals surface area contributed by atoms with Crippen LogP contribution in [0.25, 0.3) is 0 Å². The SMILES string of the molecule is CC(Cc1ccccc1F)C(=O)NC1CCC(C(=O)O)CC1. The molecule has 0 spiro atoms. The zero-order valence-electron chi connectivity index (χ0n) is 12.7. The van der Waals surface area contributed by atoms with Crippen LogP contribution in [0.4, 0.5) is 4.39 Å². The third kappa shape index (κ3) is 4.29. The van der Waals surface area contributed by atoms with E-state index in [4.69, 9.17) is 5.11 Å². The highest BCUT2D eigenvalue weighted by Gasteiger charge is 2.27. The maximum Gasteiger partial charge on any atom is 0.306 e. The summed E-state index contributed by atoms with van der Waals surface area (Å²) in [6, 6.07) is 6.51. The summed E-state index contributed by atoms with van der Waals surface area (Å²) >= 11 is 0. The lowest BCUT2D eigenvalue weighted by molar-refractivity contribution is -0.142. The van der Waals surface area contributed by atoms with Gasteiger partial charge in [-0.25, -0.2) is 4.39 Å². The Labute approximate surface area is 129 Å². The number of benzene rings is 1. The molecule has 5 heteroatoms. The fourth-order valence-corrected chi connectivity index (χ4v) is 2.91. The van der Waals surface area contributed by atoms with E-state index in [0.29, 0.717) is 37.7 Å². The van der Waals surface area contributed by atoms with Crippen LogP contribution in [0.5, 0.6) is 0 Å².